The van der Waals surface area contributed by atoms with Crippen LogP contribution in [0.25, 0.3) is 0 Å². The van der Waals surface area contributed by atoms with Gasteiger partial charge < -0.3 is 14.6 Å². The van der Waals surface area contributed by atoms with Crippen LogP contribution in [0, 0.1) is 5.82 Å². The van der Waals surface area contributed by atoms with Crippen molar-refractivity contribution >= 4 is 28.9 Å². The third kappa shape index (κ3) is 6.18. The minimum Gasteiger partial charge on any atom is -0.543 e. The molecule has 0 atom stereocenters. The minimum atomic E-state index is -4.57. The van der Waals surface area contributed by atoms with Crippen LogP contribution in [0.5, 0.6) is 5.75 Å². The van der Waals surface area contributed by atoms with E-state index in [4.69, 9.17) is 16.3 Å². The molecule has 0 aliphatic heterocycles. The molecular formula is C19H11ClF4NNaO3S. The second-order valence-corrected chi connectivity index (χ2v) is 7.31. The fourth-order valence-electron chi connectivity index (χ4n) is 2.48. The van der Waals surface area contributed by atoms with Gasteiger partial charge in [-0.05, 0) is 30.3 Å². The molecule has 30 heavy (non-hydrogen) atoms. The minimum absolute atomic E-state index is 0. The maximum absolute atomic E-state index is 13.9. The molecule has 152 valence electrons. The number of carbonyl (C=O) groups excluding carboxylic acids is 1. The van der Waals surface area contributed by atoms with Crippen LogP contribution in [0.4, 0.5) is 17.6 Å². The molecule has 1 heterocycles. The maximum atomic E-state index is 13.9. The number of ether oxygens (including phenoxy) is 1. The van der Waals surface area contributed by atoms with Crippen LogP contribution in [-0.2, 0) is 19.2 Å². The molecule has 0 bridgehead atoms. The van der Waals surface area contributed by atoms with Crippen molar-refractivity contribution in [3.8, 4) is 5.75 Å². The number of carboxylic acid groups (broad SMARTS) is 1. The van der Waals surface area contributed by atoms with Crippen molar-refractivity contribution < 1.29 is 61.8 Å². The number of hydrogen-bond donors (Lipinski definition) is 0. The largest absolute Gasteiger partial charge is 1.00 e. The third-order valence-corrected chi connectivity index (χ3v) is 4.97. The Morgan fingerprint density at radius 1 is 1.17 bits per heavy atom. The van der Waals surface area contributed by atoms with E-state index in [1.165, 1.54) is 17.5 Å². The average Bonchev–Trinajstić information content (AvgIpc) is 3.10. The SMILES string of the molecule is O=C([O-])c1csc(Cc2cc(C(F)(F)F)ccc2OCc2ccc(Cl)cc2F)n1.[Na+]. The fraction of sp³-hybridized carbons (Fsp3) is 0.158. The van der Waals surface area contributed by atoms with E-state index in [0.717, 1.165) is 35.6 Å². The summed E-state index contributed by atoms with van der Waals surface area (Å²) in [6, 6.07) is 6.87. The van der Waals surface area contributed by atoms with Crippen LogP contribution in [0.3, 0.4) is 0 Å². The van der Waals surface area contributed by atoms with Gasteiger partial charge in [0.2, 0.25) is 0 Å². The molecule has 0 amide bonds. The number of benzene rings is 2. The number of aromatic carboxylic acids is 1. The van der Waals surface area contributed by atoms with Crippen LogP contribution in [0.2, 0.25) is 5.02 Å². The Labute approximate surface area is 199 Å². The first-order chi connectivity index (χ1) is 13.6. The third-order valence-electron chi connectivity index (χ3n) is 3.89. The second-order valence-electron chi connectivity index (χ2n) is 5.94. The molecule has 0 saturated carbocycles. The summed E-state index contributed by atoms with van der Waals surface area (Å²) < 4.78 is 58.7. The smallest absolute Gasteiger partial charge is 0.543 e. The Bertz CT molecular complexity index is 1060. The average molecular weight is 468 g/mol. The molecule has 0 radical (unpaired) electrons. The molecule has 0 unspecified atom stereocenters. The molecule has 4 nitrogen and oxygen atoms in total. The van der Waals surface area contributed by atoms with Gasteiger partial charge in [-0.15, -0.1) is 11.3 Å². The molecule has 2 aromatic carbocycles. The Morgan fingerprint density at radius 3 is 2.50 bits per heavy atom. The van der Waals surface area contributed by atoms with E-state index in [-0.39, 0.29) is 75.2 Å². The van der Waals surface area contributed by atoms with Gasteiger partial charge in [0, 0.05) is 28.0 Å². The standard InChI is InChI=1S/C19H12ClF4NO3S.Na/c20-13-3-1-10(14(21)7-13)8-28-16-4-2-12(19(22,23)24)5-11(16)6-17-25-15(9-29-17)18(26)27;/h1-5,7,9H,6,8H2,(H,26,27);/q;+1/p-1. The summed E-state index contributed by atoms with van der Waals surface area (Å²) in [6.07, 6.45) is -4.67. The summed E-state index contributed by atoms with van der Waals surface area (Å²) in [5.41, 5.74) is -0.890. The number of aromatic nitrogens is 1. The molecule has 1 aromatic heterocycles. The summed E-state index contributed by atoms with van der Waals surface area (Å²) >= 11 is 6.66. The van der Waals surface area contributed by atoms with Gasteiger partial charge in [0.1, 0.15) is 18.2 Å². The Balaban J connectivity index is 0.00000320. The Kier molecular flexibility index (Phi) is 8.29. The fourth-order valence-corrected chi connectivity index (χ4v) is 3.42. The van der Waals surface area contributed by atoms with E-state index in [2.05, 4.69) is 4.98 Å². The predicted octanol–water partition coefficient (Wildman–Crippen LogP) is 1.49. The van der Waals surface area contributed by atoms with Crippen LogP contribution in [0.15, 0.2) is 41.8 Å². The quantitative estimate of drug-likeness (QED) is 0.407. The van der Waals surface area contributed by atoms with Crippen molar-refractivity contribution in [3.63, 3.8) is 0 Å². The van der Waals surface area contributed by atoms with Gasteiger partial charge in [-0.25, -0.2) is 9.37 Å². The molecule has 0 spiro atoms. The summed E-state index contributed by atoms with van der Waals surface area (Å²) in [7, 11) is 0. The zero-order valence-electron chi connectivity index (χ0n) is 15.4. The van der Waals surface area contributed by atoms with E-state index < -0.39 is 23.5 Å². The van der Waals surface area contributed by atoms with Crippen molar-refractivity contribution in [1.82, 2.24) is 4.98 Å². The predicted molar refractivity (Wildman–Crippen MR) is 96.4 cm³/mol. The Morgan fingerprint density at radius 2 is 1.90 bits per heavy atom. The summed E-state index contributed by atoms with van der Waals surface area (Å²) in [5, 5.41) is 12.6. The number of carbonyl (C=O) groups is 1. The maximum Gasteiger partial charge on any atom is 1.00 e. The van der Waals surface area contributed by atoms with Gasteiger partial charge in [-0.3, -0.25) is 0 Å². The summed E-state index contributed by atoms with van der Waals surface area (Å²) in [6.45, 7) is -0.233. The van der Waals surface area contributed by atoms with Gasteiger partial charge in [0.25, 0.3) is 0 Å². The topological polar surface area (TPSA) is 62.2 Å². The molecule has 0 N–H and O–H groups in total. The number of alkyl halides is 3. The number of rotatable bonds is 6. The van der Waals surface area contributed by atoms with Gasteiger partial charge in [-0.1, -0.05) is 17.7 Å². The number of carboxylic acids is 1. The van der Waals surface area contributed by atoms with E-state index in [1.54, 1.807) is 0 Å². The van der Waals surface area contributed by atoms with Gasteiger partial charge in [0.05, 0.1) is 22.2 Å². The normalized spacial score (nSPS) is 11.1. The molecule has 0 fully saturated rings. The first kappa shape index (κ1) is 24.6. The van der Waals surface area contributed by atoms with Crippen molar-refractivity contribution in [2.45, 2.75) is 19.2 Å². The Hall–Kier alpha value is -1.65. The molecule has 0 aliphatic carbocycles. The van der Waals surface area contributed by atoms with Gasteiger partial charge >= 0.3 is 35.7 Å². The van der Waals surface area contributed by atoms with Crippen LogP contribution in [-0.4, -0.2) is 11.0 Å². The van der Waals surface area contributed by atoms with Crippen LogP contribution >= 0.6 is 22.9 Å². The summed E-state index contributed by atoms with van der Waals surface area (Å²) in [4.78, 5) is 14.7. The number of nitrogens with zero attached hydrogens (tertiary/aromatic N) is 1. The van der Waals surface area contributed by atoms with Crippen molar-refractivity contribution in [3.05, 3.63) is 80.0 Å². The molecule has 3 rings (SSSR count). The first-order valence-corrected chi connectivity index (χ1v) is 9.32. The second kappa shape index (κ2) is 10.1. The summed E-state index contributed by atoms with van der Waals surface area (Å²) in [5.74, 6) is -1.99. The van der Waals surface area contributed by atoms with Crippen LogP contribution < -0.4 is 39.4 Å². The number of hydrogen-bond acceptors (Lipinski definition) is 5. The van der Waals surface area contributed by atoms with Crippen molar-refractivity contribution in [2.24, 2.45) is 0 Å². The monoisotopic (exact) mass is 467 g/mol. The van der Waals surface area contributed by atoms with Gasteiger partial charge in [0.15, 0.2) is 0 Å². The molecule has 0 aliphatic rings. The molecule has 3 aromatic rings. The molecule has 11 heteroatoms. The number of halogens is 5. The van der Waals surface area contributed by atoms with Gasteiger partial charge in [-0.2, -0.15) is 13.2 Å². The zero-order chi connectivity index (χ0) is 21.2. The van der Waals surface area contributed by atoms with Crippen LogP contribution in [0.1, 0.15) is 32.2 Å². The molecular weight excluding hydrogens is 457 g/mol. The first-order valence-electron chi connectivity index (χ1n) is 8.06. The van der Waals surface area contributed by atoms with Crippen molar-refractivity contribution in [1.29, 1.82) is 0 Å². The zero-order valence-corrected chi connectivity index (χ0v) is 19.0. The van der Waals surface area contributed by atoms with E-state index in [9.17, 15) is 27.5 Å². The van der Waals surface area contributed by atoms with Crippen molar-refractivity contribution in [2.75, 3.05) is 0 Å². The number of thiazole rings is 1. The van der Waals surface area contributed by atoms with E-state index in [0.29, 0.717) is 0 Å². The van der Waals surface area contributed by atoms with E-state index >= 15 is 0 Å². The molecule has 0 saturated heterocycles. The van der Waals surface area contributed by atoms with E-state index in [1.807, 2.05) is 0 Å².